The van der Waals surface area contributed by atoms with Gasteiger partial charge in [0.1, 0.15) is 5.75 Å². The molecule has 0 bridgehead atoms. The van der Waals surface area contributed by atoms with Crippen molar-refractivity contribution in [2.75, 3.05) is 19.7 Å². The summed E-state index contributed by atoms with van der Waals surface area (Å²) in [5.41, 5.74) is 4.71. The van der Waals surface area contributed by atoms with Gasteiger partial charge >= 0.3 is 0 Å². The van der Waals surface area contributed by atoms with Crippen molar-refractivity contribution in [3.63, 3.8) is 0 Å². The number of likely N-dealkylation sites (tertiary alicyclic amines) is 1. The van der Waals surface area contributed by atoms with Crippen molar-refractivity contribution in [3.8, 4) is 5.75 Å². The van der Waals surface area contributed by atoms with E-state index >= 15 is 0 Å². The molecule has 0 unspecified atom stereocenters. The predicted molar refractivity (Wildman–Crippen MR) is 104 cm³/mol. The third kappa shape index (κ3) is 5.60. The maximum Gasteiger partial charge on any atom is 0.258 e. The fourth-order valence-electron chi connectivity index (χ4n) is 3.45. The summed E-state index contributed by atoms with van der Waals surface area (Å²) in [7, 11) is 0. The number of carbonyl (C=O) groups is 1. The topological polar surface area (TPSA) is 41.6 Å². The maximum absolute atomic E-state index is 12.1. The summed E-state index contributed by atoms with van der Waals surface area (Å²) >= 11 is 0. The van der Waals surface area contributed by atoms with Gasteiger partial charge in [0, 0.05) is 13.1 Å². The molecule has 3 rings (SSSR count). The highest BCUT2D eigenvalue weighted by Gasteiger charge is 2.12. The fraction of sp³-hybridized carbons (Fsp3) is 0.409. The lowest BCUT2D eigenvalue weighted by atomic mass is 10.1. The van der Waals surface area contributed by atoms with E-state index in [2.05, 4.69) is 40.5 Å². The monoisotopic (exact) mass is 352 g/mol. The second-order valence-corrected chi connectivity index (χ2v) is 7.19. The van der Waals surface area contributed by atoms with Crippen LogP contribution in [0.5, 0.6) is 5.75 Å². The average molecular weight is 352 g/mol. The van der Waals surface area contributed by atoms with E-state index in [1.165, 1.54) is 31.5 Å². The van der Waals surface area contributed by atoms with E-state index in [1.807, 2.05) is 26.0 Å². The summed E-state index contributed by atoms with van der Waals surface area (Å²) in [6.07, 6.45) is 2.60. The number of amides is 1. The molecule has 1 amide bonds. The molecule has 0 atom stereocenters. The van der Waals surface area contributed by atoms with Gasteiger partial charge in [-0.15, -0.1) is 0 Å². The lowest BCUT2D eigenvalue weighted by Crippen LogP contribution is -2.28. The molecule has 0 saturated carbocycles. The Bertz CT molecular complexity index is 731. The van der Waals surface area contributed by atoms with Crippen LogP contribution < -0.4 is 10.1 Å². The number of hydrogen-bond acceptors (Lipinski definition) is 3. The van der Waals surface area contributed by atoms with Gasteiger partial charge in [0.25, 0.3) is 5.91 Å². The number of aryl methyl sites for hydroxylation is 2. The zero-order valence-electron chi connectivity index (χ0n) is 15.8. The first-order valence-corrected chi connectivity index (χ1v) is 9.36. The fourth-order valence-corrected chi connectivity index (χ4v) is 3.45. The van der Waals surface area contributed by atoms with Crippen molar-refractivity contribution in [1.82, 2.24) is 10.2 Å². The summed E-state index contributed by atoms with van der Waals surface area (Å²) in [6.45, 7) is 7.99. The summed E-state index contributed by atoms with van der Waals surface area (Å²) < 4.78 is 5.61. The average Bonchev–Trinajstić information content (AvgIpc) is 3.11. The highest BCUT2D eigenvalue weighted by Crippen LogP contribution is 2.16. The van der Waals surface area contributed by atoms with Gasteiger partial charge in [-0.1, -0.05) is 30.3 Å². The van der Waals surface area contributed by atoms with Gasteiger partial charge in [0.15, 0.2) is 6.61 Å². The van der Waals surface area contributed by atoms with Gasteiger partial charge < -0.3 is 10.1 Å². The molecule has 2 aromatic rings. The van der Waals surface area contributed by atoms with Gasteiger partial charge in [-0.2, -0.15) is 0 Å². The molecule has 1 aliphatic rings. The third-order valence-electron chi connectivity index (χ3n) is 4.65. The molecule has 1 heterocycles. The van der Waals surface area contributed by atoms with Crippen LogP contribution in [0.4, 0.5) is 0 Å². The normalized spacial score (nSPS) is 14.4. The Morgan fingerprint density at radius 3 is 2.46 bits per heavy atom. The summed E-state index contributed by atoms with van der Waals surface area (Å²) in [6, 6.07) is 14.4. The molecule has 138 valence electrons. The standard InChI is InChI=1S/C22H28N2O2/c1-17-10-18(2)12-21(11-17)26-16-22(25)23-14-19-6-5-7-20(13-19)15-24-8-3-4-9-24/h5-7,10-13H,3-4,8-9,14-16H2,1-2H3,(H,23,25). The van der Waals surface area contributed by atoms with E-state index in [0.29, 0.717) is 6.54 Å². The van der Waals surface area contributed by atoms with Crippen molar-refractivity contribution >= 4 is 5.91 Å². The Balaban J connectivity index is 1.46. The number of nitrogens with one attached hydrogen (secondary N) is 1. The number of carbonyl (C=O) groups excluding carboxylic acids is 1. The quantitative estimate of drug-likeness (QED) is 0.828. The van der Waals surface area contributed by atoms with E-state index in [9.17, 15) is 4.79 Å². The molecule has 1 aliphatic heterocycles. The first-order valence-electron chi connectivity index (χ1n) is 9.36. The van der Waals surface area contributed by atoms with Crippen molar-refractivity contribution in [2.45, 2.75) is 39.8 Å². The smallest absolute Gasteiger partial charge is 0.258 e. The zero-order valence-corrected chi connectivity index (χ0v) is 15.8. The van der Waals surface area contributed by atoms with Crippen LogP contribution in [0.2, 0.25) is 0 Å². The minimum atomic E-state index is -0.103. The maximum atomic E-state index is 12.1. The summed E-state index contributed by atoms with van der Waals surface area (Å²) in [4.78, 5) is 14.6. The molecule has 4 nitrogen and oxygen atoms in total. The van der Waals surface area contributed by atoms with Gasteiger partial charge in [-0.05, 0) is 74.2 Å². The molecule has 0 aliphatic carbocycles. The highest BCUT2D eigenvalue weighted by molar-refractivity contribution is 5.77. The Morgan fingerprint density at radius 2 is 1.73 bits per heavy atom. The Morgan fingerprint density at radius 1 is 1.04 bits per heavy atom. The molecule has 0 spiro atoms. The number of benzene rings is 2. The number of rotatable bonds is 7. The van der Waals surface area contributed by atoms with Crippen LogP contribution >= 0.6 is 0 Å². The molecule has 0 radical (unpaired) electrons. The Hall–Kier alpha value is -2.33. The number of hydrogen-bond donors (Lipinski definition) is 1. The molecule has 1 fully saturated rings. The SMILES string of the molecule is Cc1cc(C)cc(OCC(=O)NCc2cccc(CN3CCCC3)c2)c1. The van der Waals surface area contributed by atoms with Crippen molar-refractivity contribution in [3.05, 3.63) is 64.7 Å². The van der Waals surface area contributed by atoms with Crippen LogP contribution in [0.25, 0.3) is 0 Å². The van der Waals surface area contributed by atoms with E-state index < -0.39 is 0 Å². The summed E-state index contributed by atoms with van der Waals surface area (Å²) in [5.74, 6) is 0.638. The first kappa shape index (κ1) is 18.5. The second kappa shape index (κ2) is 8.86. The Kier molecular flexibility index (Phi) is 6.29. The van der Waals surface area contributed by atoms with Crippen LogP contribution in [-0.4, -0.2) is 30.5 Å². The van der Waals surface area contributed by atoms with Gasteiger partial charge in [0.05, 0.1) is 0 Å². The molecule has 1 N–H and O–H groups in total. The Labute approximate surface area is 156 Å². The highest BCUT2D eigenvalue weighted by atomic mass is 16.5. The molecular formula is C22H28N2O2. The minimum absolute atomic E-state index is 0.0381. The molecule has 2 aromatic carbocycles. The number of nitrogens with zero attached hydrogens (tertiary/aromatic N) is 1. The van der Waals surface area contributed by atoms with Gasteiger partial charge in [-0.25, -0.2) is 0 Å². The van der Waals surface area contributed by atoms with Crippen molar-refractivity contribution in [1.29, 1.82) is 0 Å². The minimum Gasteiger partial charge on any atom is -0.484 e. The summed E-state index contributed by atoms with van der Waals surface area (Å²) in [5, 5.41) is 2.94. The van der Waals surface area contributed by atoms with E-state index in [1.54, 1.807) is 0 Å². The third-order valence-corrected chi connectivity index (χ3v) is 4.65. The lowest BCUT2D eigenvalue weighted by Gasteiger charge is -2.15. The second-order valence-electron chi connectivity index (χ2n) is 7.19. The first-order chi connectivity index (χ1) is 12.6. The molecule has 26 heavy (non-hydrogen) atoms. The number of ether oxygens (including phenoxy) is 1. The van der Waals surface area contributed by atoms with Gasteiger partial charge in [0.2, 0.25) is 0 Å². The van der Waals surface area contributed by atoms with Crippen LogP contribution in [0, 0.1) is 13.8 Å². The lowest BCUT2D eigenvalue weighted by molar-refractivity contribution is -0.123. The molecular weight excluding hydrogens is 324 g/mol. The van der Waals surface area contributed by atoms with E-state index in [0.717, 1.165) is 29.0 Å². The predicted octanol–water partition coefficient (Wildman–Crippen LogP) is 3.59. The molecule has 0 aromatic heterocycles. The van der Waals surface area contributed by atoms with Crippen LogP contribution in [0.1, 0.15) is 35.1 Å². The van der Waals surface area contributed by atoms with Crippen molar-refractivity contribution < 1.29 is 9.53 Å². The molecule has 1 saturated heterocycles. The van der Waals surface area contributed by atoms with E-state index in [4.69, 9.17) is 4.74 Å². The zero-order chi connectivity index (χ0) is 18.4. The largest absolute Gasteiger partial charge is 0.484 e. The van der Waals surface area contributed by atoms with Gasteiger partial charge in [-0.3, -0.25) is 9.69 Å². The molecule has 4 heteroatoms. The van der Waals surface area contributed by atoms with Crippen molar-refractivity contribution in [2.24, 2.45) is 0 Å². The van der Waals surface area contributed by atoms with Crippen LogP contribution in [0.15, 0.2) is 42.5 Å². The van der Waals surface area contributed by atoms with E-state index in [-0.39, 0.29) is 12.5 Å². The van der Waals surface area contributed by atoms with Crippen LogP contribution in [0.3, 0.4) is 0 Å². The van der Waals surface area contributed by atoms with Crippen LogP contribution in [-0.2, 0) is 17.9 Å².